The van der Waals surface area contributed by atoms with Crippen LogP contribution in [-0.2, 0) is 4.79 Å². The van der Waals surface area contributed by atoms with E-state index in [2.05, 4.69) is 0 Å². The van der Waals surface area contributed by atoms with Crippen LogP contribution in [0.1, 0.15) is 17.9 Å². The SMILES string of the molecule is O=C(NC[C@@H]1C[C@H]1c1cccc2c1OCCO2)C(F)(F)F. The maximum absolute atomic E-state index is 12.1. The Balaban J connectivity index is 1.62. The zero-order valence-corrected chi connectivity index (χ0v) is 11.1. The van der Waals surface area contributed by atoms with Gasteiger partial charge in [-0.15, -0.1) is 0 Å². The molecule has 1 fully saturated rings. The van der Waals surface area contributed by atoms with Crippen LogP contribution in [0.3, 0.4) is 0 Å². The lowest BCUT2D eigenvalue weighted by atomic mass is 10.1. The van der Waals surface area contributed by atoms with Gasteiger partial charge in [0.15, 0.2) is 11.5 Å². The van der Waals surface area contributed by atoms with Gasteiger partial charge in [0, 0.05) is 12.1 Å². The summed E-state index contributed by atoms with van der Waals surface area (Å²) < 4.78 is 47.4. The Kier molecular flexibility index (Phi) is 3.43. The minimum Gasteiger partial charge on any atom is -0.486 e. The zero-order chi connectivity index (χ0) is 15.0. The summed E-state index contributed by atoms with van der Waals surface area (Å²) in [5.41, 5.74) is 0.943. The second-order valence-electron chi connectivity index (χ2n) is 5.18. The number of nitrogens with one attached hydrogen (secondary N) is 1. The molecule has 0 radical (unpaired) electrons. The van der Waals surface area contributed by atoms with Crippen LogP contribution >= 0.6 is 0 Å². The average molecular weight is 301 g/mol. The number of benzene rings is 1. The van der Waals surface area contributed by atoms with E-state index < -0.39 is 12.1 Å². The maximum Gasteiger partial charge on any atom is 0.471 e. The van der Waals surface area contributed by atoms with Gasteiger partial charge in [-0.05, 0) is 24.3 Å². The summed E-state index contributed by atoms with van der Waals surface area (Å²) >= 11 is 0. The normalized spacial score (nSPS) is 23.6. The molecule has 7 heteroatoms. The van der Waals surface area contributed by atoms with Crippen LogP contribution in [0.4, 0.5) is 13.2 Å². The van der Waals surface area contributed by atoms with Crippen molar-refractivity contribution in [2.75, 3.05) is 19.8 Å². The number of amides is 1. The molecule has 1 aromatic carbocycles. The molecule has 0 aromatic heterocycles. The van der Waals surface area contributed by atoms with Crippen molar-refractivity contribution in [1.29, 1.82) is 0 Å². The number of hydrogen-bond donors (Lipinski definition) is 1. The van der Waals surface area contributed by atoms with Crippen molar-refractivity contribution < 1.29 is 27.4 Å². The minimum atomic E-state index is -4.83. The standard InChI is InChI=1S/C14H14F3NO3/c15-14(16,17)13(19)18-7-8-6-10(8)9-2-1-3-11-12(9)21-5-4-20-11/h1-3,8,10H,4-7H2,(H,18,19)/t8-,10+/m0/s1. The fraction of sp³-hybridized carbons (Fsp3) is 0.500. The third-order valence-electron chi connectivity index (χ3n) is 3.70. The number of fused-ring (bicyclic) bond motifs is 1. The Hall–Kier alpha value is -1.92. The first-order valence-electron chi connectivity index (χ1n) is 6.70. The molecule has 4 nitrogen and oxygen atoms in total. The molecule has 114 valence electrons. The van der Waals surface area contributed by atoms with Crippen molar-refractivity contribution in [1.82, 2.24) is 5.32 Å². The Morgan fingerprint density at radius 3 is 2.81 bits per heavy atom. The molecule has 1 heterocycles. The molecular formula is C14H14F3NO3. The first kappa shape index (κ1) is 14.0. The van der Waals surface area contributed by atoms with Crippen LogP contribution in [-0.4, -0.2) is 31.8 Å². The summed E-state index contributed by atoms with van der Waals surface area (Å²) in [5, 5.41) is 1.93. The van der Waals surface area contributed by atoms with E-state index in [0.717, 1.165) is 12.0 Å². The summed E-state index contributed by atoms with van der Waals surface area (Å²) in [7, 11) is 0. The minimum absolute atomic E-state index is 0.00771. The number of rotatable bonds is 3. The molecule has 2 atom stereocenters. The van der Waals surface area contributed by atoms with E-state index in [1.54, 1.807) is 6.07 Å². The second kappa shape index (κ2) is 5.13. The molecule has 1 aliphatic carbocycles. The number of hydrogen-bond acceptors (Lipinski definition) is 3. The predicted molar refractivity (Wildman–Crippen MR) is 67.3 cm³/mol. The average Bonchev–Trinajstić information content (AvgIpc) is 3.22. The quantitative estimate of drug-likeness (QED) is 0.931. The summed E-state index contributed by atoms with van der Waals surface area (Å²) in [4.78, 5) is 10.8. The topological polar surface area (TPSA) is 47.6 Å². The van der Waals surface area contributed by atoms with E-state index >= 15 is 0 Å². The summed E-state index contributed by atoms with van der Waals surface area (Å²) in [5.74, 6) is -0.423. The van der Waals surface area contributed by atoms with E-state index in [9.17, 15) is 18.0 Å². The van der Waals surface area contributed by atoms with E-state index in [-0.39, 0.29) is 18.4 Å². The van der Waals surface area contributed by atoms with Gasteiger partial charge in [0.2, 0.25) is 0 Å². The highest BCUT2D eigenvalue weighted by Gasteiger charge is 2.44. The van der Waals surface area contributed by atoms with E-state index in [1.807, 2.05) is 17.4 Å². The molecule has 1 saturated carbocycles. The molecule has 1 N–H and O–H groups in total. The molecule has 3 rings (SSSR count). The summed E-state index contributed by atoms with van der Waals surface area (Å²) in [6.07, 6.45) is -4.09. The molecule has 0 bridgehead atoms. The van der Waals surface area contributed by atoms with Crippen LogP contribution < -0.4 is 14.8 Å². The van der Waals surface area contributed by atoms with Gasteiger partial charge in [0.1, 0.15) is 13.2 Å². The molecule has 0 spiro atoms. The summed E-state index contributed by atoms with van der Waals surface area (Å²) in [6.45, 7) is 0.978. The van der Waals surface area contributed by atoms with Gasteiger partial charge in [-0.25, -0.2) is 0 Å². The van der Waals surface area contributed by atoms with Crippen molar-refractivity contribution in [2.45, 2.75) is 18.5 Å². The number of para-hydroxylation sites is 1. The third kappa shape index (κ3) is 2.91. The molecule has 0 unspecified atom stereocenters. The van der Waals surface area contributed by atoms with Gasteiger partial charge < -0.3 is 14.8 Å². The first-order valence-corrected chi connectivity index (χ1v) is 6.70. The van der Waals surface area contributed by atoms with Crippen LogP contribution in [0.15, 0.2) is 18.2 Å². The maximum atomic E-state index is 12.1. The smallest absolute Gasteiger partial charge is 0.471 e. The van der Waals surface area contributed by atoms with E-state index in [4.69, 9.17) is 9.47 Å². The lowest BCUT2D eigenvalue weighted by Crippen LogP contribution is -2.37. The molecule has 2 aliphatic rings. The molecule has 1 aromatic rings. The number of carbonyl (C=O) groups excluding carboxylic acids is 1. The number of ether oxygens (including phenoxy) is 2. The van der Waals surface area contributed by atoms with Crippen molar-refractivity contribution in [3.63, 3.8) is 0 Å². The Labute approximate surface area is 119 Å². The predicted octanol–water partition coefficient (Wildman–Crippen LogP) is 2.24. The largest absolute Gasteiger partial charge is 0.486 e. The Morgan fingerprint density at radius 2 is 2.05 bits per heavy atom. The second-order valence-corrected chi connectivity index (χ2v) is 5.18. The van der Waals surface area contributed by atoms with Crippen LogP contribution in [0, 0.1) is 5.92 Å². The van der Waals surface area contributed by atoms with Crippen molar-refractivity contribution in [2.24, 2.45) is 5.92 Å². The number of alkyl halides is 3. The van der Waals surface area contributed by atoms with Crippen molar-refractivity contribution >= 4 is 5.91 Å². The van der Waals surface area contributed by atoms with Crippen molar-refractivity contribution in [3.05, 3.63) is 23.8 Å². The first-order chi connectivity index (χ1) is 9.97. The van der Waals surface area contributed by atoms with Gasteiger partial charge in [-0.3, -0.25) is 4.79 Å². The van der Waals surface area contributed by atoms with Crippen LogP contribution in [0.5, 0.6) is 11.5 Å². The molecule has 1 amide bonds. The van der Waals surface area contributed by atoms with Gasteiger partial charge in [-0.2, -0.15) is 13.2 Å². The Morgan fingerprint density at radius 1 is 1.29 bits per heavy atom. The van der Waals surface area contributed by atoms with Gasteiger partial charge in [-0.1, -0.05) is 12.1 Å². The van der Waals surface area contributed by atoms with E-state index in [1.165, 1.54) is 0 Å². The molecule has 1 aliphatic heterocycles. The third-order valence-corrected chi connectivity index (χ3v) is 3.70. The highest BCUT2D eigenvalue weighted by molar-refractivity contribution is 5.81. The number of carbonyl (C=O) groups is 1. The fourth-order valence-electron chi connectivity index (χ4n) is 2.57. The highest BCUT2D eigenvalue weighted by Crippen LogP contribution is 2.52. The fourth-order valence-corrected chi connectivity index (χ4v) is 2.57. The van der Waals surface area contributed by atoms with Crippen LogP contribution in [0.25, 0.3) is 0 Å². The van der Waals surface area contributed by atoms with Gasteiger partial charge in [0.05, 0.1) is 0 Å². The van der Waals surface area contributed by atoms with Crippen molar-refractivity contribution in [3.8, 4) is 11.5 Å². The van der Waals surface area contributed by atoms with Gasteiger partial charge in [0.25, 0.3) is 0 Å². The summed E-state index contributed by atoms with van der Waals surface area (Å²) in [6, 6.07) is 5.54. The lowest BCUT2D eigenvalue weighted by molar-refractivity contribution is -0.173. The monoisotopic (exact) mass is 301 g/mol. The Bertz CT molecular complexity index is 559. The molecule has 21 heavy (non-hydrogen) atoms. The zero-order valence-electron chi connectivity index (χ0n) is 11.1. The highest BCUT2D eigenvalue weighted by atomic mass is 19.4. The molecular weight excluding hydrogens is 287 g/mol. The number of halogens is 3. The molecule has 0 saturated heterocycles. The van der Waals surface area contributed by atoms with Gasteiger partial charge >= 0.3 is 12.1 Å². The van der Waals surface area contributed by atoms with E-state index in [0.29, 0.717) is 24.7 Å². The lowest BCUT2D eigenvalue weighted by Gasteiger charge is -2.21. The van der Waals surface area contributed by atoms with Crippen LogP contribution in [0.2, 0.25) is 0 Å².